The molecule has 0 atom stereocenters. The van der Waals surface area contributed by atoms with Crippen molar-refractivity contribution in [2.45, 2.75) is 66.2 Å². The maximum atomic E-state index is 14.2. The molecule has 0 radical (unpaired) electrons. The highest BCUT2D eigenvalue weighted by Gasteiger charge is 2.58. The van der Waals surface area contributed by atoms with Gasteiger partial charge in [-0.25, -0.2) is 4.39 Å². The van der Waals surface area contributed by atoms with Crippen LogP contribution in [0, 0.1) is 10.8 Å². The largest absolute Gasteiger partial charge is 0.422 e. The average molecular weight is 242 g/mol. The maximum absolute atomic E-state index is 14.2. The Kier molecular flexibility index (Phi) is 4.12. The molecule has 0 spiro atoms. The lowest BCUT2D eigenvalue weighted by atomic mass is 9.74. The van der Waals surface area contributed by atoms with Gasteiger partial charge in [-0.2, -0.15) is 13.2 Å². The van der Waals surface area contributed by atoms with E-state index in [1.54, 1.807) is 41.5 Å². The van der Waals surface area contributed by atoms with Crippen LogP contribution in [0.25, 0.3) is 0 Å². The van der Waals surface area contributed by atoms with Gasteiger partial charge in [0, 0.05) is 0 Å². The summed E-state index contributed by atoms with van der Waals surface area (Å²) in [6, 6.07) is 0. The molecule has 0 saturated heterocycles. The van der Waals surface area contributed by atoms with E-state index in [1.807, 2.05) is 0 Å². The molecule has 0 aliphatic heterocycles. The molecule has 16 heavy (non-hydrogen) atoms. The van der Waals surface area contributed by atoms with Crippen LogP contribution in [0.5, 0.6) is 0 Å². The summed E-state index contributed by atoms with van der Waals surface area (Å²) in [5.74, 6) is 0. The minimum absolute atomic E-state index is 0.499. The standard InChI is InChI=1S/C12H22F4/c1-9(2,3)7-11(13,12(14,15)16)8-10(4,5)6/h7-8H2,1-6H3. The fourth-order valence-corrected chi connectivity index (χ4v) is 1.94. The van der Waals surface area contributed by atoms with Gasteiger partial charge >= 0.3 is 6.18 Å². The zero-order chi connectivity index (χ0) is 13.4. The molecule has 0 rings (SSSR count). The van der Waals surface area contributed by atoms with Crippen LogP contribution in [-0.4, -0.2) is 11.8 Å². The summed E-state index contributed by atoms with van der Waals surface area (Å²) in [6.45, 7) is 9.72. The van der Waals surface area contributed by atoms with Gasteiger partial charge in [0.15, 0.2) is 0 Å². The van der Waals surface area contributed by atoms with Gasteiger partial charge in [-0.3, -0.25) is 0 Å². The molecule has 0 fully saturated rings. The first kappa shape index (κ1) is 15.7. The quantitative estimate of drug-likeness (QED) is 0.589. The van der Waals surface area contributed by atoms with Crippen molar-refractivity contribution in [3.63, 3.8) is 0 Å². The van der Waals surface area contributed by atoms with Crippen LogP contribution in [0.3, 0.4) is 0 Å². The first-order chi connectivity index (χ1) is 6.66. The molecule has 0 aliphatic rings. The molecule has 0 unspecified atom stereocenters. The molecule has 0 N–H and O–H groups in total. The molecule has 4 heteroatoms. The van der Waals surface area contributed by atoms with Crippen molar-refractivity contribution in [3.05, 3.63) is 0 Å². The third-order valence-electron chi connectivity index (χ3n) is 2.13. The molecular weight excluding hydrogens is 220 g/mol. The zero-order valence-corrected chi connectivity index (χ0v) is 10.9. The predicted octanol–water partition coefficient (Wildman–Crippen LogP) is 5.13. The number of hydrogen-bond donors (Lipinski definition) is 0. The lowest BCUT2D eigenvalue weighted by Gasteiger charge is -2.37. The van der Waals surface area contributed by atoms with Gasteiger partial charge in [-0.15, -0.1) is 0 Å². The van der Waals surface area contributed by atoms with Gasteiger partial charge in [0.2, 0.25) is 5.67 Å². The van der Waals surface area contributed by atoms with Crippen LogP contribution in [0.15, 0.2) is 0 Å². The summed E-state index contributed by atoms with van der Waals surface area (Å²) in [7, 11) is 0. The summed E-state index contributed by atoms with van der Waals surface area (Å²) in [6.07, 6.45) is -5.80. The molecule has 0 aromatic rings. The van der Waals surface area contributed by atoms with E-state index >= 15 is 0 Å². The number of halogens is 4. The fourth-order valence-electron chi connectivity index (χ4n) is 1.94. The molecule has 0 saturated carbocycles. The van der Waals surface area contributed by atoms with E-state index in [1.165, 1.54) is 0 Å². The normalized spacial score (nSPS) is 15.4. The molecule has 0 aliphatic carbocycles. The Morgan fingerprint density at radius 2 is 0.875 bits per heavy atom. The van der Waals surface area contributed by atoms with Crippen molar-refractivity contribution < 1.29 is 17.6 Å². The van der Waals surface area contributed by atoms with E-state index in [0.717, 1.165) is 0 Å². The second-order valence-electron chi connectivity index (χ2n) is 6.94. The highest BCUT2D eigenvalue weighted by molar-refractivity contribution is 4.94. The van der Waals surface area contributed by atoms with E-state index in [9.17, 15) is 17.6 Å². The van der Waals surface area contributed by atoms with Crippen molar-refractivity contribution >= 4 is 0 Å². The van der Waals surface area contributed by atoms with Crippen LogP contribution in [0.1, 0.15) is 54.4 Å². The third kappa shape index (κ3) is 5.17. The molecule has 0 aromatic carbocycles. The summed E-state index contributed by atoms with van der Waals surface area (Å²) >= 11 is 0. The molecule has 98 valence electrons. The Hall–Kier alpha value is -0.280. The fraction of sp³-hybridized carbons (Fsp3) is 1.00. The number of alkyl halides is 4. The number of hydrogen-bond acceptors (Lipinski definition) is 0. The van der Waals surface area contributed by atoms with Gasteiger partial charge < -0.3 is 0 Å². The predicted molar refractivity (Wildman–Crippen MR) is 58.0 cm³/mol. The maximum Gasteiger partial charge on any atom is 0.422 e. The first-order valence-corrected chi connectivity index (χ1v) is 5.42. The molecule has 0 amide bonds. The van der Waals surface area contributed by atoms with Gasteiger partial charge in [0.25, 0.3) is 0 Å². The van der Waals surface area contributed by atoms with Gasteiger partial charge in [0.05, 0.1) is 0 Å². The van der Waals surface area contributed by atoms with E-state index < -0.39 is 35.5 Å². The monoisotopic (exact) mass is 242 g/mol. The van der Waals surface area contributed by atoms with Gasteiger partial charge in [-0.05, 0) is 23.7 Å². The highest BCUT2D eigenvalue weighted by atomic mass is 19.4. The van der Waals surface area contributed by atoms with Crippen molar-refractivity contribution in [2.24, 2.45) is 10.8 Å². The summed E-state index contributed by atoms with van der Waals surface area (Å²) in [5, 5.41) is 0. The van der Waals surface area contributed by atoms with Gasteiger partial charge in [-0.1, -0.05) is 41.5 Å². The second kappa shape index (κ2) is 4.19. The Bertz CT molecular complexity index is 211. The molecule has 0 aromatic heterocycles. The number of rotatable bonds is 2. The highest BCUT2D eigenvalue weighted by Crippen LogP contribution is 2.48. The van der Waals surface area contributed by atoms with Crippen molar-refractivity contribution in [3.8, 4) is 0 Å². The summed E-state index contributed by atoms with van der Waals surface area (Å²) < 4.78 is 52.5. The van der Waals surface area contributed by atoms with Crippen molar-refractivity contribution in [2.75, 3.05) is 0 Å². The van der Waals surface area contributed by atoms with Crippen molar-refractivity contribution in [1.29, 1.82) is 0 Å². The summed E-state index contributed by atoms with van der Waals surface area (Å²) in [4.78, 5) is 0. The topological polar surface area (TPSA) is 0 Å². The summed E-state index contributed by atoms with van der Waals surface area (Å²) in [5.41, 5.74) is -4.46. The van der Waals surface area contributed by atoms with E-state index in [-0.39, 0.29) is 0 Å². The average Bonchev–Trinajstić information content (AvgIpc) is 1.72. The Morgan fingerprint density at radius 3 is 1.00 bits per heavy atom. The molecule has 0 bridgehead atoms. The van der Waals surface area contributed by atoms with Crippen LogP contribution in [-0.2, 0) is 0 Å². The third-order valence-corrected chi connectivity index (χ3v) is 2.13. The van der Waals surface area contributed by atoms with E-state index in [2.05, 4.69) is 0 Å². The minimum atomic E-state index is -4.80. The zero-order valence-electron chi connectivity index (χ0n) is 10.9. The van der Waals surface area contributed by atoms with Crippen LogP contribution >= 0.6 is 0 Å². The molecule has 0 heterocycles. The lowest BCUT2D eigenvalue weighted by molar-refractivity contribution is -0.248. The second-order valence-corrected chi connectivity index (χ2v) is 6.94. The van der Waals surface area contributed by atoms with Crippen LogP contribution < -0.4 is 0 Å². The Balaban J connectivity index is 5.07. The molecule has 0 nitrogen and oxygen atoms in total. The lowest BCUT2D eigenvalue weighted by Crippen LogP contribution is -2.46. The van der Waals surface area contributed by atoms with Crippen molar-refractivity contribution in [1.82, 2.24) is 0 Å². The smallest absolute Gasteiger partial charge is 0.234 e. The first-order valence-electron chi connectivity index (χ1n) is 5.42. The van der Waals surface area contributed by atoms with E-state index in [0.29, 0.717) is 0 Å². The molecular formula is C12H22F4. The van der Waals surface area contributed by atoms with Crippen LogP contribution in [0.4, 0.5) is 17.6 Å². The SMILES string of the molecule is CC(C)(C)CC(F)(CC(C)(C)C)C(F)(F)F. The van der Waals surface area contributed by atoms with Gasteiger partial charge in [0.1, 0.15) is 0 Å². The van der Waals surface area contributed by atoms with E-state index in [4.69, 9.17) is 0 Å². The van der Waals surface area contributed by atoms with Crippen LogP contribution in [0.2, 0.25) is 0 Å². The Morgan fingerprint density at radius 1 is 0.625 bits per heavy atom. The Labute approximate surface area is 95.4 Å². The minimum Gasteiger partial charge on any atom is -0.234 e.